The van der Waals surface area contributed by atoms with Gasteiger partial charge in [-0.1, -0.05) is 6.42 Å². The van der Waals surface area contributed by atoms with E-state index in [0.29, 0.717) is 19.1 Å². The van der Waals surface area contributed by atoms with E-state index >= 15 is 0 Å². The second kappa shape index (κ2) is 9.75. The van der Waals surface area contributed by atoms with Crippen LogP contribution in [0.5, 0.6) is 0 Å². The molecule has 0 aromatic carbocycles. The molecule has 6 nitrogen and oxygen atoms in total. The molecule has 0 atom stereocenters. The molecule has 132 valence electrons. The number of nitrogens with zero attached hydrogens (tertiary/aromatic N) is 1. The Bertz CT molecular complexity index is 388. The first kappa shape index (κ1) is 18.0. The van der Waals surface area contributed by atoms with Crippen molar-refractivity contribution >= 4 is 11.9 Å². The van der Waals surface area contributed by atoms with Gasteiger partial charge in [0.05, 0.1) is 6.10 Å². The summed E-state index contributed by atoms with van der Waals surface area (Å²) in [5.74, 6) is 1.32. The van der Waals surface area contributed by atoms with Crippen LogP contribution in [0, 0.1) is 5.92 Å². The maximum atomic E-state index is 11.7. The fraction of sp³-hybridized carbons (Fsp3) is 0.882. The fourth-order valence-corrected chi connectivity index (χ4v) is 3.03. The van der Waals surface area contributed by atoms with Crippen molar-refractivity contribution in [3.8, 4) is 0 Å². The van der Waals surface area contributed by atoms with Crippen LogP contribution in [-0.2, 0) is 4.79 Å². The molecule has 6 heteroatoms. The molecule has 0 radical (unpaired) electrons. The van der Waals surface area contributed by atoms with Crippen molar-refractivity contribution in [3.05, 3.63) is 0 Å². The van der Waals surface area contributed by atoms with Gasteiger partial charge in [0.15, 0.2) is 5.96 Å². The summed E-state index contributed by atoms with van der Waals surface area (Å²) in [7, 11) is 0. The third-order valence-corrected chi connectivity index (χ3v) is 4.76. The topological polar surface area (TPSA) is 85.8 Å². The summed E-state index contributed by atoms with van der Waals surface area (Å²) in [4.78, 5) is 16.3. The van der Waals surface area contributed by atoms with E-state index < -0.39 is 0 Å². The smallest absolute Gasteiger partial charge is 0.223 e. The van der Waals surface area contributed by atoms with Gasteiger partial charge in [-0.25, -0.2) is 0 Å². The average molecular weight is 324 g/mol. The third kappa shape index (κ3) is 6.37. The Labute approximate surface area is 139 Å². The molecule has 23 heavy (non-hydrogen) atoms. The number of nitrogens with one attached hydrogen (secondary N) is 3. The molecule has 2 saturated carbocycles. The number of hydrogen-bond acceptors (Lipinski definition) is 3. The Morgan fingerprint density at radius 3 is 2.48 bits per heavy atom. The maximum Gasteiger partial charge on any atom is 0.223 e. The normalized spacial score (nSPS) is 25.6. The lowest BCUT2D eigenvalue weighted by molar-refractivity contribution is -0.127. The minimum absolute atomic E-state index is 0.133. The molecule has 2 aliphatic carbocycles. The van der Waals surface area contributed by atoms with Crippen LogP contribution in [0.15, 0.2) is 4.99 Å². The van der Waals surface area contributed by atoms with Crippen LogP contribution in [-0.4, -0.2) is 48.8 Å². The molecular weight excluding hydrogens is 292 g/mol. The number of aliphatic hydroxyl groups excluding tert-OH is 1. The van der Waals surface area contributed by atoms with Gasteiger partial charge in [0.25, 0.3) is 0 Å². The molecule has 0 aromatic rings. The Morgan fingerprint density at radius 2 is 1.87 bits per heavy atom. The molecule has 2 fully saturated rings. The zero-order valence-corrected chi connectivity index (χ0v) is 14.3. The zero-order valence-electron chi connectivity index (χ0n) is 14.3. The maximum absolute atomic E-state index is 11.7. The summed E-state index contributed by atoms with van der Waals surface area (Å²) in [6, 6.07) is 0.398. The largest absolute Gasteiger partial charge is 0.393 e. The number of hydrogen-bond donors (Lipinski definition) is 4. The second-order valence-corrected chi connectivity index (χ2v) is 6.68. The van der Waals surface area contributed by atoms with Crippen LogP contribution in [0.2, 0.25) is 0 Å². The molecule has 0 bridgehead atoms. The fourth-order valence-electron chi connectivity index (χ4n) is 3.03. The van der Waals surface area contributed by atoms with E-state index in [0.717, 1.165) is 57.5 Å². The number of amides is 1. The molecule has 0 aromatic heterocycles. The third-order valence-electron chi connectivity index (χ3n) is 4.76. The highest BCUT2D eigenvalue weighted by Gasteiger charge is 2.24. The first-order chi connectivity index (χ1) is 11.2. The van der Waals surface area contributed by atoms with E-state index in [1.54, 1.807) is 0 Å². The lowest BCUT2D eigenvalue weighted by atomic mass is 9.85. The monoisotopic (exact) mass is 324 g/mol. The highest BCUT2D eigenvalue weighted by atomic mass is 16.3. The van der Waals surface area contributed by atoms with Gasteiger partial charge in [-0.05, 0) is 51.9 Å². The van der Waals surface area contributed by atoms with E-state index in [2.05, 4.69) is 27.9 Å². The van der Waals surface area contributed by atoms with Gasteiger partial charge < -0.3 is 21.1 Å². The molecule has 0 aliphatic heterocycles. The highest BCUT2D eigenvalue weighted by molar-refractivity contribution is 5.80. The number of aliphatic imine (C=N–C) groups is 1. The highest BCUT2D eigenvalue weighted by Crippen LogP contribution is 2.26. The van der Waals surface area contributed by atoms with Crippen molar-refractivity contribution in [2.75, 3.05) is 19.6 Å². The molecule has 0 spiro atoms. The van der Waals surface area contributed by atoms with Gasteiger partial charge in [0.1, 0.15) is 0 Å². The summed E-state index contributed by atoms with van der Waals surface area (Å²) < 4.78 is 0. The van der Waals surface area contributed by atoms with Crippen molar-refractivity contribution in [2.24, 2.45) is 10.9 Å². The van der Waals surface area contributed by atoms with E-state index in [1.165, 1.54) is 6.42 Å². The molecule has 0 unspecified atom stereocenters. The van der Waals surface area contributed by atoms with Crippen LogP contribution in [0.25, 0.3) is 0 Å². The Kier molecular flexibility index (Phi) is 7.65. The molecule has 0 heterocycles. The van der Waals surface area contributed by atoms with E-state index in [-0.39, 0.29) is 17.9 Å². The van der Waals surface area contributed by atoms with Crippen molar-refractivity contribution in [1.82, 2.24) is 16.0 Å². The lowest BCUT2D eigenvalue weighted by Crippen LogP contribution is -2.45. The van der Waals surface area contributed by atoms with Crippen LogP contribution in [0.4, 0.5) is 0 Å². The number of rotatable bonds is 7. The predicted molar refractivity (Wildman–Crippen MR) is 92.3 cm³/mol. The van der Waals surface area contributed by atoms with Crippen LogP contribution in [0.3, 0.4) is 0 Å². The van der Waals surface area contributed by atoms with Crippen molar-refractivity contribution in [2.45, 2.75) is 70.4 Å². The quantitative estimate of drug-likeness (QED) is 0.321. The van der Waals surface area contributed by atoms with Crippen LogP contribution >= 0.6 is 0 Å². The summed E-state index contributed by atoms with van der Waals surface area (Å²) >= 11 is 0. The van der Waals surface area contributed by atoms with Gasteiger partial charge in [0.2, 0.25) is 5.91 Å². The van der Waals surface area contributed by atoms with Gasteiger partial charge in [-0.2, -0.15) is 0 Å². The number of carbonyl (C=O) groups is 1. The van der Waals surface area contributed by atoms with Crippen molar-refractivity contribution in [1.29, 1.82) is 0 Å². The first-order valence-electron chi connectivity index (χ1n) is 9.19. The zero-order chi connectivity index (χ0) is 16.5. The van der Waals surface area contributed by atoms with Gasteiger partial charge in [0, 0.05) is 31.6 Å². The molecule has 2 aliphatic rings. The minimum Gasteiger partial charge on any atom is -0.393 e. The SMILES string of the molecule is CCNC(=NCCCNC(=O)C1CCC1)NC1CCC(O)CC1. The Balaban J connectivity index is 1.63. The van der Waals surface area contributed by atoms with E-state index in [9.17, 15) is 9.90 Å². The van der Waals surface area contributed by atoms with Gasteiger partial charge in [-0.3, -0.25) is 9.79 Å². The van der Waals surface area contributed by atoms with Crippen molar-refractivity contribution in [3.63, 3.8) is 0 Å². The average Bonchev–Trinajstić information content (AvgIpc) is 2.47. The van der Waals surface area contributed by atoms with E-state index in [4.69, 9.17) is 0 Å². The molecule has 0 saturated heterocycles. The molecule has 2 rings (SSSR count). The lowest BCUT2D eigenvalue weighted by Gasteiger charge is -2.27. The summed E-state index contributed by atoms with van der Waals surface area (Å²) in [5.41, 5.74) is 0. The summed E-state index contributed by atoms with van der Waals surface area (Å²) in [6.07, 6.45) is 7.73. The number of guanidine groups is 1. The second-order valence-electron chi connectivity index (χ2n) is 6.68. The van der Waals surface area contributed by atoms with Gasteiger partial charge >= 0.3 is 0 Å². The van der Waals surface area contributed by atoms with Crippen molar-refractivity contribution < 1.29 is 9.90 Å². The summed E-state index contributed by atoms with van der Waals surface area (Å²) in [6.45, 7) is 4.30. The predicted octanol–water partition coefficient (Wildman–Crippen LogP) is 1.15. The summed E-state index contributed by atoms with van der Waals surface area (Å²) in [5, 5.41) is 19.3. The minimum atomic E-state index is -0.133. The number of carbonyl (C=O) groups excluding carboxylic acids is 1. The van der Waals surface area contributed by atoms with Gasteiger partial charge in [-0.15, -0.1) is 0 Å². The molecule has 4 N–H and O–H groups in total. The van der Waals surface area contributed by atoms with Crippen LogP contribution < -0.4 is 16.0 Å². The number of aliphatic hydroxyl groups is 1. The Morgan fingerprint density at radius 1 is 1.13 bits per heavy atom. The van der Waals surface area contributed by atoms with Crippen LogP contribution in [0.1, 0.15) is 58.3 Å². The first-order valence-corrected chi connectivity index (χ1v) is 9.19. The molecule has 1 amide bonds. The molecular formula is C17H32N4O2. The van der Waals surface area contributed by atoms with E-state index in [1.807, 2.05) is 0 Å². The Hall–Kier alpha value is -1.30. The standard InChI is InChI=1S/C17H32N4O2/c1-2-18-17(21-14-7-9-15(22)10-8-14)20-12-4-11-19-16(23)13-5-3-6-13/h13-15,22H,2-12H2,1H3,(H,19,23)(H2,18,20,21).